The molecule has 0 radical (unpaired) electrons. The molecule has 0 saturated carbocycles. The van der Waals surface area contributed by atoms with Crippen LogP contribution in [-0.2, 0) is 4.79 Å². The van der Waals surface area contributed by atoms with Gasteiger partial charge in [-0.1, -0.05) is 40.9 Å². The van der Waals surface area contributed by atoms with E-state index in [0.717, 1.165) is 36.9 Å². The van der Waals surface area contributed by atoms with Crippen LogP contribution in [0, 0.1) is 6.92 Å². The molecular formula is C19H20Cl3N3O. The van der Waals surface area contributed by atoms with Gasteiger partial charge in [-0.05, 0) is 42.8 Å². The van der Waals surface area contributed by atoms with Crippen LogP contribution in [0.2, 0.25) is 15.1 Å². The van der Waals surface area contributed by atoms with Crippen molar-refractivity contribution in [2.75, 3.05) is 42.9 Å². The Morgan fingerprint density at radius 3 is 2.42 bits per heavy atom. The van der Waals surface area contributed by atoms with E-state index in [-0.39, 0.29) is 5.91 Å². The van der Waals surface area contributed by atoms with Crippen LogP contribution < -0.4 is 10.2 Å². The number of anilines is 2. The SMILES string of the molecule is Cc1ccc(Cl)cc1N1CCN(CC(=O)Nc2ccc(Cl)c(Cl)c2)CC1. The van der Waals surface area contributed by atoms with Gasteiger partial charge in [-0.25, -0.2) is 0 Å². The number of rotatable bonds is 4. The molecule has 4 nitrogen and oxygen atoms in total. The molecule has 7 heteroatoms. The van der Waals surface area contributed by atoms with Crippen molar-refractivity contribution in [3.05, 3.63) is 57.0 Å². The average Bonchev–Trinajstić information content (AvgIpc) is 2.61. The minimum absolute atomic E-state index is 0.0595. The molecule has 1 amide bonds. The Hall–Kier alpha value is -1.46. The number of nitrogens with one attached hydrogen (secondary N) is 1. The van der Waals surface area contributed by atoms with Gasteiger partial charge in [-0.2, -0.15) is 0 Å². The molecule has 3 rings (SSSR count). The van der Waals surface area contributed by atoms with Crippen molar-refractivity contribution in [1.82, 2.24) is 4.90 Å². The fourth-order valence-electron chi connectivity index (χ4n) is 3.05. The van der Waals surface area contributed by atoms with E-state index in [1.165, 1.54) is 5.56 Å². The third-order valence-electron chi connectivity index (χ3n) is 4.45. The highest BCUT2D eigenvalue weighted by Gasteiger charge is 2.20. The molecule has 2 aromatic rings. The lowest BCUT2D eigenvalue weighted by molar-refractivity contribution is -0.117. The minimum atomic E-state index is -0.0595. The average molecular weight is 413 g/mol. The number of hydrogen-bond acceptors (Lipinski definition) is 3. The second-order valence-corrected chi connectivity index (χ2v) is 7.62. The molecule has 0 unspecified atom stereocenters. The molecule has 26 heavy (non-hydrogen) atoms. The lowest BCUT2D eigenvalue weighted by Gasteiger charge is -2.36. The number of benzene rings is 2. The van der Waals surface area contributed by atoms with Gasteiger partial charge in [0, 0.05) is 42.6 Å². The van der Waals surface area contributed by atoms with Crippen molar-refractivity contribution in [2.45, 2.75) is 6.92 Å². The highest BCUT2D eigenvalue weighted by Crippen LogP contribution is 2.26. The van der Waals surface area contributed by atoms with Gasteiger partial charge in [-0.15, -0.1) is 0 Å². The van der Waals surface area contributed by atoms with Crippen molar-refractivity contribution in [3.8, 4) is 0 Å². The molecule has 0 aromatic heterocycles. The summed E-state index contributed by atoms with van der Waals surface area (Å²) in [5.74, 6) is -0.0595. The van der Waals surface area contributed by atoms with Gasteiger partial charge >= 0.3 is 0 Å². The van der Waals surface area contributed by atoms with E-state index >= 15 is 0 Å². The van der Waals surface area contributed by atoms with Crippen molar-refractivity contribution < 1.29 is 4.79 Å². The summed E-state index contributed by atoms with van der Waals surface area (Å²) in [4.78, 5) is 16.7. The maximum Gasteiger partial charge on any atom is 0.238 e. The summed E-state index contributed by atoms with van der Waals surface area (Å²) in [7, 11) is 0. The van der Waals surface area contributed by atoms with E-state index in [4.69, 9.17) is 34.8 Å². The molecule has 0 atom stereocenters. The van der Waals surface area contributed by atoms with Crippen LogP contribution >= 0.6 is 34.8 Å². The smallest absolute Gasteiger partial charge is 0.238 e. The standard InChI is InChI=1S/C19H20Cl3N3O/c1-13-2-3-14(20)10-18(13)25-8-6-24(7-9-25)12-19(26)23-15-4-5-16(21)17(22)11-15/h2-5,10-11H,6-9,12H2,1H3,(H,23,26). The number of piperazine rings is 1. The predicted molar refractivity (Wildman–Crippen MR) is 110 cm³/mol. The normalized spacial score (nSPS) is 15.2. The van der Waals surface area contributed by atoms with E-state index in [9.17, 15) is 4.79 Å². The molecule has 2 aromatic carbocycles. The Morgan fingerprint density at radius 1 is 1.00 bits per heavy atom. The number of nitrogens with zero attached hydrogens (tertiary/aromatic N) is 2. The van der Waals surface area contributed by atoms with Gasteiger partial charge in [0.1, 0.15) is 0 Å². The largest absolute Gasteiger partial charge is 0.369 e. The van der Waals surface area contributed by atoms with Crippen LogP contribution in [0.3, 0.4) is 0 Å². The van der Waals surface area contributed by atoms with E-state index in [1.54, 1.807) is 18.2 Å². The molecule has 1 heterocycles. The maximum atomic E-state index is 12.3. The number of carbonyl (C=O) groups excluding carboxylic acids is 1. The number of halogens is 3. The third kappa shape index (κ3) is 4.83. The van der Waals surface area contributed by atoms with Gasteiger partial charge in [0.25, 0.3) is 0 Å². The third-order valence-corrected chi connectivity index (χ3v) is 5.43. The molecule has 1 saturated heterocycles. The Morgan fingerprint density at radius 2 is 1.73 bits per heavy atom. The molecule has 1 aliphatic heterocycles. The van der Waals surface area contributed by atoms with E-state index < -0.39 is 0 Å². The molecule has 0 spiro atoms. The second kappa shape index (κ2) is 8.49. The zero-order valence-electron chi connectivity index (χ0n) is 14.4. The van der Waals surface area contributed by atoms with Crippen molar-refractivity contribution in [2.24, 2.45) is 0 Å². The first kappa shape index (κ1) is 19.3. The first-order valence-corrected chi connectivity index (χ1v) is 9.54. The fourth-order valence-corrected chi connectivity index (χ4v) is 3.51. The highest BCUT2D eigenvalue weighted by atomic mass is 35.5. The van der Waals surface area contributed by atoms with Crippen LogP contribution in [0.15, 0.2) is 36.4 Å². The summed E-state index contributed by atoms with van der Waals surface area (Å²) in [6, 6.07) is 11.0. The quantitative estimate of drug-likeness (QED) is 0.789. The maximum absolute atomic E-state index is 12.3. The lowest BCUT2D eigenvalue weighted by Crippen LogP contribution is -2.48. The molecule has 1 fully saturated rings. The van der Waals surface area contributed by atoms with Gasteiger partial charge in [0.2, 0.25) is 5.91 Å². The minimum Gasteiger partial charge on any atom is -0.369 e. The summed E-state index contributed by atoms with van der Waals surface area (Å²) < 4.78 is 0. The number of aryl methyl sites for hydroxylation is 1. The van der Waals surface area contributed by atoms with E-state index in [1.807, 2.05) is 18.2 Å². The Bertz CT molecular complexity index is 805. The first-order chi connectivity index (χ1) is 12.4. The molecule has 0 bridgehead atoms. The van der Waals surface area contributed by atoms with Crippen LogP contribution in [-0.4, -0.2) is 43.5 Å². The molecule has 138 valence electrons. The molecule has 0 aliphatic carbocycles. The summed E-state index contributed by atoms with van der Waals surface area (Å²) >= 11 is 18.0. The van der Waals surface area contributed by atoms with Gasteiger partial charge in [0.05, 0.1) is 16.6 Å². The van der Waals surface area contributed by atoms with Gasteiger partial charge in [0.15, 0.2) is 0 Å². The van der Waals surface area contributed by atoms with Gasteiger partial charge < -0.3 is 10.2 Å². The highest BCUT2D eigenvalue weighted by molar-refractivity contribution is 6.42. The van der Waals surface area contributed by atoms with Crippen LogP contribution in [0.5, 0.6) is 0 Å². The van der Waals surface area contributed by atoms with Crippen LogP contribution in [0.1, 0.15) is 5.56 Å². The number of carbonyl (C=O) groups is 1. The molecular weight excluding hydrogens is 393 g/mol. The topological polar surface area (TPSA) is 35.6 Å². The summed E-state index contributed by atoms with van der Waals surface area (Å²) in [5.41, 5.74) is 3.02. The van der Waals surface area contributed by atoms with Crippen LogP contribution in [0.25, 0.3) is 0 Å². The van der Waals surface area contributed by atoms with E-state index in [2.05, 4.69) is 22.0 Å². The lowest BCUT2D eigenvalue weighted by atomic mass is 10.1. The zero-order chi connectivity index (χ0) is 18.7. The second-order valence-electron chi connectivity index (χ2n) is 6.37. The summed E-state index contributed by atoms with van der Waals surface area (Å²) in [5, 5.41) is 4.50. The van der Waals surface area contributed by atoms with Crippen molar-refractivity contribution in [1.29, 1.82) is 0 Å². The van der Waals surface area contributed by atoms with Crippen molar-refractivity contribution >= 4 is 52.1 Å². The fraction of sp³-hybridized carbons (Fsp3) is 0.316. The first-order valence-electron chi connectivity index (χ1n) is 8.41. The van der Waals surface area contributed by atoms with Gasteiger partial charge in [-0.3, -0.25) is 9.69 Å². The van der Waals surface area contributed by atoms with E-state index in [0.29, 0.717) is 22.3 Å². The Balaban J connectivity index is 1.52. The molecule has 1 N–H and O–H groups in total. The van der Waals surface area contributed by atoms with Crippen LogP contribution in [0.4, 0.5) is 11.4 Å². The molecule has 1 aliphatic rings. The zero-order valence-corrected chi connectivity index (χ0v) is 16.7. The number of hydrogen-bond donors (Lipinski definition) is 1. The number of amides is 1. The predicted octanol–water partition coefficient (Wildman–Crippen LogP) is 4.72. The summed E-state index contributed by atoms with van der Waals surface area (Å²) in [6.45, 7) is 5.80. The van der Waals surface area contributed by atoms with Crippen molar-refractivity contribution in [3.63, 3.8) is 0 Å². The Labute approximate surface area is 168 Å². The summed E-state index contributed by atoms with van der Waals surface area (Å²) in [6.07, 6.45) is 0. The monoisotopic (exact) mass is 411 g/mol. The Kier molecular flexibility index (Phi) is 6.30.